The van der Waals surface area contributed by atoms with Crippen molar-refractivity contribution in [3.05, 3.63) is 23.8 Å². The highest BCUT2D eigenvalue weighted by Crippen LogP contribution is 2.32. The Kier molecular flexibility index (Phi) is 6.72. The SMILES string of the molecule is COCCCNC(=O)c1cc(NC(=O)C2CC2)ccc1N1CCC(C)CC1. The molecule has 1 saturated heterocycles. The topological polar surface area (TPSA) is 70.7 Å². The number of anilines is 2. The van der Waals surface area contributed by atoms with Gasteiger partial charge in [-0.1, -0.05) is 6.92 Å². The summed E-state index contributed by atoms with van der Waals surface area (Å²) in [5, 5.41) is 5.93. The molecule has 0 spiro atoms. The van der Waals surface area contributed by atoms with Gasteiger partial charge < -0.3 is 20.3 Å². The Morgan fingerprint density at radius 3 is 2.59 bits per heavy atom. The highest BCUT2D eigenvalue weighted by atomic mass is 16.5. The van der Waals surface area contributed by atoms with Crippen LogP contribution in [0.1, 0.15) is 49.4 Å². The summed E-state index contributed by atoms with van der Waals surface area (Å²) < 4.78 is 5.04. The Bertz CT molecular complexity index is 665. The van der Waals surface area contributed by atoms with E-state index in [0.29, 0.717) is 24.4 Å². The molecule has 0 aromatic heterocycles. The van der Waals surface area contributed by atoms with Crippen molar-refractivity contribution >= 4 is 23.2 Å². The summed E-state index contributed by atoms with van der Waals surface area (Å²) in [5.74, 6) is 0.826. The van der Waals surface area contributed by atoms with Gasteiger partial charge in [0.15, 0.2) is 0 Å². The molecule has 1 aliphatic carbocycles. The predicted molar refractivity (Wildman–Crippen MR) is 107 cm³/mol. The molecule has 3 rings (SSSR count). The van der Waals surface area contributed by atoms with Crippen LogP contribution in [-0.2, 0) is 9.53 Å². The monoisotopic (exact) mass is 373 g/mol. The minimum absolute atomic E-state index is 0.0565. The number of nitrogens with zero attached hydrogens (tertiary/aromatic N) is 1. The van der Waals surface area contributed by atoms with Crippen LogP contribution in [0.2, 0.25) is 0 Å². The molecule has 2 aliphatic rings. The zero-order chi connectivity index (χ0) is 19.2. The van der Waals surface area contributed by atoms with Gasteiger partial charge in [-0.2, -0.15) is 0 Å². The van der Waals surface area contributed by atoms with Crippen molar-refractivity contribution in [3.8, 4) is 0 Å². The molecule has 2 amide bonds. The van der Waals surface area contributed by atoms with Gasteiger partial charge in [-0.25, -0.2) is 0 Å². The summed E-state index contributed by atoms with van der Waals surface area (Å²) >= 11 is 0. The van der Waals surface area contributed by atoms with Crippen molar-refractivity contribution in [2.75, 3.05) is 43.6 Å². The summed E-state index contributed by atoms with van der Waals surface area (Å²) in [6.45, 7) is 5.38. The number of rotatable bonds is 8. The first kappa shape index (κ1) is 19.7. The molecule has 6 nitrogen and oxygen atoms in total. The normalized spacial score (nSPS) is 17.6. The van der Waals surface area contributed by atoms with Gasteiger partial charge in [0.1, 0.15) is 0 Å². The molecule has 1 aliphatic heterocycles. The first-order valence-corrected chi connectivity index (χ1v) is 10.1. The summed E-state index contributed by atoms with van der Waals surface area (Å²) in [6, 6.07) is 5.71. The Morgan fingerprint density at radius 1 is 1.19 bits per heavy atom. The van der Waals surface area contributed by atoms with Gasteiger partial charge in [0, 0.05) is 50.6 Å². The summed E-state index contributed by atoms with van der Waals surface area (Å²) in [6.07, 6.45) is 4.96. The van der Waals surface area contributed by atoms with E-state index in [1.165, 1.54) is 0 Å². The Morgan fingerprint density at radius 2 is 1.93 bits per heavy atom. The Hall–Kier alpha value is -2.08. The molecule has 0 radical (unpaired) electrons. The molecule has 0 unspecified atom stereocenters. The van der Waals surface area contributed by atoms with E-state index in [4.69, 9.17) is 4.74 Å². The van der Waals surface area contributed by atoms with Crippen molar-refractivity contribution in [2.24, 2.45) is 11.8 Å². The molecule has 2 fully saturated rings. The molecule has 6 heteroatoms. The lowest BCUT2D eigenvalue weighted by Crippen LogP contribution is -2.35. The number of hydrogen-bond donors (Lipinski definition) is 2. The van der Waals surface area contributed by atoms with Crippen LogP contribution in [0.25, 0.3) is 0 Å². The van der Waals surface area contributed by atoms with Crippen molar-refractivity contribution in [1.29, 1.82) is 0 Å². The van der Waals surface area contributed by atoms with Gasteiger partial charge in [-0.05, 0) is 56.2 Å². The Labute approximate surface area is 161 Å². The number of piperidine rings is 1. The number of hydrogen-bond acceptors (Lipinski definition) is 4. The van der Waals surface area contributed by atoms with E-state index in [9.17, 15) is 9.59 Å². The fourth-order valence-corrected chi connectivity index (χ4v) is 3.42. The van der Waals surface area contributed by atoms with Crippen LogP contribution < -0.4 is 15.5 Å². The lowest BCUT2D eigenvalue weighted by Gasteiger charge is -2.33. The van der Waals surface area contributed by atoms with Crippen LogP contribution in [-0.4, -0.2) is 45.2 Å². The zero-order valence-corrected chi connectivity index (χ0v) is 16.4. The fourth-order valence-electron chi connectivity index (χ4n) is 3.42. The van der Waals surface area contributed by atoms with E-state index >= 15 is 0 Å². The first-order valence-electron chi connectivity index (χ1n) is 10.1. The van der Waals surface area contributed by atoms with Crippen molar-refractivity contribution in [2.45, 2.75) is 39.0 Å². The van der Waals surface area contributed by atoms with Gasteiger partial charge in [-0.3, -0.25) is 9.59 Å². The van der Waals surface area contributed by atoms with E-state index in [0.717, 1.165) is 56.8 Å². The predicted octanol–water partition coefficient (Wildman–Crippen LogP) is 3.04. The Balaban J connectivity index is 1.75. The summed E-state index contributed by atoms with van der Waals surface area (Å²) in [4.78, 5) is 27.2. The lowest BCUT2D eigenvalue weighted by molar-refractivity contribution is -0.117. The maximum absolute atomic E-state index is 12.8. The third-order valence-electron chi connectivity index (χ3n) is 5.39. The maximum atomic E-state index is 12.8. The standard InChI is InChI=1S/C21H31N3O3/c1-15-8-11-24(12-9-15)19-7-6-17(23-20(25)16-4-5-16)14-18(19)21(26)22-10-3-13-27-2/h6-7,14-16H,3-5,8-13H2,1-2H3,(H,22,26)(H,23,25). The van der Waals surface area contributed by atoms with E-state index in [1.807, 2.05) is 18.2 Å². The first-order chi connectivity index (χ1) is 13.1. The molecule has 0 atom stereocenters. The molecule has 1 heterocycles. The number of nitrogens with one attached hydrogen (secondary N) is 2. The molecule has 0 bridgehead atoms. The number of benzene rings is 1. The second-order valence-corrected chi connectivity index (χ2v) is 7.77. The van der Waals surface area contributed by atoms with Crippen LogP contribution in [0.15, 0.2) is 18.2 Å². The fraction of sp³-hybridized carbons (Fsp3) is 0.619. The molecule has 148 valence electrons. The van der Waals surface area contributed by atoms with E-state index in [-0.39, 0.29) is 17.7 Å². The highest BCUT2D eigenvalue weighted by molar-refractivity contribution is 6.02. The average molecular weight is 373 g/mol. The van der Waals surface area contributed by atoms with Gasteiger partial charge >= 0.3 is 0 Å². The number of carbonyl (C=O) groups is 2. The molecule has 1 aromatic rings. The van der Waals surface area contributed by atoms with Crippen LogP contribution in [0.5, 0.6) is 0 Å². The van der Waals surface area contributed by atoms with Crippen molar-refractivity contribution < 1.29 is 14.3 Å². The van der Waals surface area contributed by atoms with Gasteiger partial charge in [0.2, 0.25) is 5.91 Å². The number of ether oxygens (including phenoxy) is 1. The average Bonchev–Trinajstić information content (AvgIpc) is 3.51. The molecule has 1 saturated carbocycles. The third-order valence-corrected chi connectivity index (χ3v) is 5.39. The second kappa shape index (κ2) is 9.22. The van der Waals surface area contributed by atoms with Gasteiger partial charge in [0.25, 0.3) is 5.91 Å². The van der Waals surface area contributed by atoms with E-state index in [2.05, 4.69) is 22.5 Å². The zero-order valence-electron chi connectivity index (χ0n) is 16.4. The van der Waals surface area contributed by atoms with Crippen molar-refractivity contribution in [1.82, 2.24) is 5.32 Å². The van der Waals surface area contributed by atoms with Crippen LogP contribution in [0.3, 0.4) is 0 Å². The van der Waals surface area contributed by atoms with Gasteiger partial charge in [0.05, 0.1) is 5.56 Å². The third kappa shape index (κ3) is 5.45. The lowest BCUT2D eigenvalue weighted by atomic mass is 9.97. The van der Waals surface area contributed by atoms with E-state index < -0.39 is 0 Å². The van der Waals surface area contributed by atoms with Crippen LogP contribution in [0.4, 0.5) is 11.4 Å². The summed E-state index contributed by atoms with van der Waals surface area (Å²) in [7, 11) is 1.66. The molecular weight excluding hydrogens is 342 g/mol. The highest BCUT2D eigenvalue weighted by Gasteiger charge is 2.30. The largest absolute Gasteiger partial charge is 0.385 e. The maximum Gasteiger partial charge on any atom is 0.253 e. The van der Waals surface area contributed by atoms with Crippen LogP contribution in [0, 0.1) is 11.8 Å². The molecule has 1 aromatic carbocycles. The summed E-state index contributed by atoms with van der Waals surface area (Å²) in [5.41, 5.74) is 2.29. The van der Waals surface area contributed by atoms with Gasteiger partial charge in [-0.15, -0.1) is 0 Å². The second-order valence-electron chi connectivity index (χ2n) is 7.77. The van der Waals surface area contributed by atoms with Crippen molar-refractivity contribution in [3.63, 3.8) is 0 Å². The number of amides is 2. The quantitative estimate of drug-likeness (QED) is 0.687. The minimum Gasteiger partial charge on any atom is -0.385 e. The minimum atomic E-state index is -0.0951. The number of carbonyl (C=O) groups excluding carboxylic acids is 2. The smallest absolute Gasteiger partial charge is 0.253 e. The number of methoxy groups -OCH3 is 1. The molecule has 27 heavy (non-hydrogen) atoms. The molecular formula is C21H31N3O3. The van der Waals surface area contributed by atoms with Crippen LogP contribution >= 0.6 is 0 Å². The molecule has 2 N–H and O–H groups in total. The van der Waals surface area contributed by atoms with E-state index in [1.54, 1.807) is 7.11 Å².